The number of hydrogen-bond donors (Lipinski definition) is 0. The lowest BCUT2D eigenvalue weighted by Crippen LogP contribution is -2.04. The van der Waals surface area contributed by atoms with Crippen molar-refractivity contribution in [2.24, 2.45) is 0 Å². The number of aryl methyl sites for hydroxylation is 3. The zero-order valence-corrected chi connectivity index (χ0v) is 38.0. The first-order valence-corrected chi connectivity index (χ1v) is 25.7. The number of rotatable bonds is 44. The summed E-state index contributed by atoms with van der Waals surface area (Å²) in [6, 6.07) is 5.27. The zero-order valence-electron chi connectivity index (χ0n) is 38.0. The maximum Gasteiger partial charge on any atom is -0.0273 e. The fraction of sp³-hybridized carbons (Fsp3) is 0.870. The van der Waals surface area contributed by atoms with Crippen LogP contribution in [0.1, 0.15) is 300 Å². The first-order chi connectivity index (χ1) is 26.8. The molecule has 0 fully saturated rings. The molecular formula is C54H101. The van der Waals surface area contributed by atoms with Crippen molar-refractivity contribution in [2.45, 2.75) is 303 Å². The molecule has 1 aromatic rings. The smallest absolute Gasteiger partial charge is 0.0273 e. The second-order valence-corrected chi connectivity index (χ2v) is 18.0. The quantitative estimate of drug-likeness (QED) is 0.0583. The van der Waals surface area contributed by atoms with E-state index in [9.17, 15) is 0 Å². The summed E-state index contributed by atoms with van der Waals surface area (Å²) in [6.45, 7) is 11.2. The predicted octanol–water partition coefficient (Wildman–Crippen LogP) is 19.4. The van der Waals surface area contributed by atoms with Crippen LogP contribution in [0.5, 0.6) is 0 Å². The molecule has 0 aliphatic heterocycles. The lowest BCUT2D eigenvalue weighted by atomic mass is 9.87. The minimum absolute atomic E-state index is 1.02. The average molecular weight is 750 g/mol. The topological polar surface area (TPSA) is 0 Å². The number of unbranched alkanes of at least 4 members (excludes halogenated alkanes) is 36. The van der Waals surface area contributed by atoms with Gasteiger partial charge in [0, 0.05) is 0 Å². The molecule has 317 valence electrons. The van der Waals surface area contributed by atoms with Crippen LogP contribution in [0.4, 0.5) is 0 Å². The van der Waals surface area contributed by atoms with Crippen LogP contribution in [-0.4, -0.2) is 0 Å². The van der Waals surface area contributed by atoms with Gasteiger partial charge in [0.2, 0.25) is 0 Å². The van der Waals surface area contributed by atoms with Crippen LogP contribution in [0.2, 0.25) is 0 Å². The lowest BCUT2D eigenvalue weighted by Gasteiger charge is -2.18. The summed E-state index contributed by atoms with van der Waals surface area (Å²) in [5.41, 5.74) is 6.82. The molecule has 1 radical (unpaired) electrons. The Balaban J connectivity index is 2.54. The first-order valence-electron chi connectivity index (χ1n) is 25.7. The first kappa shape index (κ1) is 51.2. The third-order valence-electron chi connectivity index (χ3n) is 12.6. The summed E-state index contributed by atoms with van der Waals surface area (Å²) < 4.78 is 0. The fourth-order valence-electron chi connectivity index (χ4n) is 8.97. The largest absolute Gasteiger partial charge is 0.0654 e. The van der Waals surface area contributed by atoms with E-state index in [1.165, 1.54) is 270 Å². The van der Waals surface area contributed by atoms with E-state index in [2.05, 4.69) is 39.8 Å². The van der Waals surface area contributed by atoms with Crippen molar-refractivity contribution in [3.63, 3.8) is 0 Å². The molecule has 0 aliphatic rings. The van der Waals surface area contributed by atoms with Crippen molar-refractivity contribution in [3.05, 3.63) is 41.3 Å². The van der Waals surface area contributed by atoms with Crippen LogP contribution < -0.4 is 0 Å². The van der Waals surface area contributed by atoms with Gasteiger partial charge >= 0.3 is 0 Å². The molecule has 0 atom stereocenters. The highest BCUT2D eigenvalue weighted by Crippen LogP contribution is 2.27. The number of benzene rings is 1. The maximum atomic E-state index is 4.26. The van der Waals surface area contributed by atoms with Gasteiger partial charge in [0.05, 0.1) is 0 Å². The molecule has 0 amide bonds. The van der Waals surface area contributed by atoms with Crippen molar-refractivity contribution >= 4 is 0 Å². The van der Waals surface area contributed by atoms with Gasteiger partial charge in [-0.1, -0.05) is 271 Å². The molecule has 0 N–H and O–H groups in total. The maximum absolute atomic E-state index is 4.26. The van der Waals surface area contributed by atoms with E-state index in [1.807, 2.05) is 0 Å². The molecular weight excluding hydrogens is 649 g/mol. The van der Waals surface area contributed by atoms with Crippen LogP contribution in [-0.2, 0) is 25.7 Å². The van der Waals surface area contributed by atoms with E-state index in [0.29, 0.717) is 0 Å². The second-order valence-electron chi connectivity index (χ2n) is 18.0. The molecule has 0 nitrogen and oxygen atoms in total. The fourth-order valence-corrected chi connectivity index (χ4v) is 8.97. The second kappa shape index (κ2) is 41.8. The van der Waals surface area contributed by atoms with Crippen LogP contribution in [0, 0.1) is 6.92 Å². The van der Waals surface area contributed by atoms with Gasteiger partial charge in [-0.3, -0.25) is 0 Å². The predicted molar refractivity (Wildman–Crippen MR) is 248 cm³/mol. The van der Waals surface area contributed by atoms with Gasteiger partial charge in [-0.25, -0.2) is 0 Å². The minimum Gasteiger partial charge on any atom is -0.0654 e. The van der Waals surface area contributed by atoms with Crippen molar-refractivity contribution in [1.82, 2.24) is 0 Å². The Labute approximate surface area is 343 Å². The third kappa shape index (κ3) is 32.3. The van der Waals surface area contributed by atoms with Gasteiger partial charge in [0.1, 0.15) is 0 Å². The van der Waals surface area contributed by atoms with Crippen molar-refractivity contribution < 1.29 is 0 Å². The third-order valence-corrected chi connectivity index (χ3v) is 12.6. The van der Waals surface area contributed by atoms with Gasteiger partial charge in [0.15, 0.2) is 0 Å². The Kier molecular flexibility index (Phi) is 39.7. The van der Waals surface area contributed by atoms with E-state index in [0.717, 1.165) is 12.8 Å². The van der Waals surface area contributed by atoms with Gasteiger partial charge in [-0.05, 0) is 73.6 Å². The van der Waals surface area contributed by atoms with E-state index in [1.54, 1.807) is 22.3 Å². The van der Waals surface area contributed by atoms with Crippen LogP contribution in [0.15, 0.2) is 12.1 Å². The zero-order chi connectivity index (χ0) is 38.8. The molecule has 0 heterocycles. The average Bonchev–Trinajstić information content (AvgIpc) is 3.18. The minimum atomic E-state index is 1.02. The molecule has 0 heteroatoms. The Hall–Kier alpha value is -0.780. The monoisotopic (exact) mass is 750 g/mol. The van der Waals surface area contributed by atoms with Crippen molar-refractivity contribution in [3.8, 4) is 0 Å². The van der Waals surface area contributed by atoms with E-state index in [4.69, 9.17) is 0 Å². The molecule has 0 bridgehead atoms. The summed E-state index contributed by atoms with van der Waals surface area (Å²) in [6.07, 6.45) is 62.4. The van der Waals surface area contributed by atoms with Crippen molar-refractivity contribution in [2.75, 3.05) is 0 Å². The highest BCUT2D eigenvalue weighted by Gasteiger charge is 2.12. The van der Waals surface area contributed by atoms with E-state index < -0.39 is 0 Å². The molecule has 0 aliphatic carbocycles. The van der Waals surface area contributed by atoms with Gasteiger partial charge in [-0.15, -0.1) is 0 Å². The molecule has 0 spiro atoms. The Bertz CT molecular complexity index is 814. The normalized spacial score (nSPS) is 11.6. The standard InChI is InChI=1S/C54H101/c1-5-9-12-15-18-21-24-27-30-33-36-39-42-46-52-49-51(45-8-4)50-53(47-43-40-37-34-31-28-25-22-19-16-13-10-6-2)54(52)48-44-41-38-35-32-29-26-23-20-17-14-11-7-3/h49-50H,4-48H2,1-3H3. The summed E-state index contributed by atoms with van der Waals surface area (Å²) in [5, 5.41) is 0. The van der Waals surface area contributed by atoms with Gasteiger partial charge < -0.3 is 0 Å². The Morgan fingerprint density at radius 1 is 0.278 bits per heavy atom. The van der Waals surface area contributed by atoms with Crippen LogP contribution >= 0.6 is 0 Å². The highest BCUT2D eigenvalue weighted by atomic mass is 14.2. The summed E-state index contributed by atoms with van der Waals surface area (Å²) in [5.74, 6) is 0. The highest BCUT2D eigenvalue weighted by molar-refractivity contribution is 5.40. The van der Waals surface area contributed by atoms with Gasteiger partial charge in [0.25, 0.3) is 0 Å². The molecule has 0 saturated heterocycles. The van der Waals surface area contributed by atoms with Crippen LogP contribution in [0.3, 0.4) is 0 Å². The van der Waals surface area contributed by atoms with Crippen LogP contribution in [0.25, 0.3) is 0 Å². The lowest BCUT2D eigenvalue weighted by molar-refractivity contribution is 0.536. The van der Waals surface area contributed by atoms with Crippen molar-refractivity contribution in [1.29, 1.82) is 0 Å². The molecule has 0 unspecified atom stereocenters. The summed E-state index contributed by atoms with van der Waals surface area (Å²) in [7, 11) is 0. The number of hydrogen-bond acceptors (Lipinski definition) is 0. The van der Waals surface area contributed by atoms with E-state index in [-0.39, 0.29) is 0 Å². The Morgan fingerprint density at radius 3 is 0.741 bits per heavy atom. The SMILES string of the molecule is [CH2]CCc1cc(CCCCCCCCCCCCCCC)c(CCCCCCCCCCCCCCC)c(CCCCCCCCCCCCCCC)c1. The molecule has 1 rings (SSSR count). The molecule has 0 aromatic heterocycles. The molecule has 0 saturated carbocycles. The molecule has 54 heavy (non-hydrogen) atoms. The summed E-state index contributed by atoms with van der Waals surface area (Å²) in [4.78, 5) is 0. The Morgan fingerprint density at radius 2 is 0.500 bits per heavy atom. The summed E-state index contributed by atoms with van der Waals surface area (Å²) >= 11 is 0. The van der Waals surface area contributed by atoms with Gasteiger partial charge in [-0.2, -0.15) is 0 Å². The molecule has 1 aromatic carbocycles. The van der Waals surface area contributed by atoms with E-state index >= 15 is 0 Å².